The van der Waals surface area contributed by atoms with Crippen LogP contribution in [0, 0.1) is 0 Å². The Kier molecular flexibility index (Phi) is 3.12. The minimum Gasteiger partial charge on any atom is -0.384 e. The van der Waals surface area contributed by atoms with E-state index < -0.39 is 5.79 Å². The van der Waals surface area contributed by atoms with Gasteiger partial charge < -0.3 is 15.2 Å². The number of ether oxygens (including phenoxy) is 2. The summed E-state index contributed by atoms with van der Waals surface area (Å²) in [5.41, 5.74) is 6.63. The van der Waals surface area contributed by atoms with Crippen LogP contribution in [-0.2, 0) is 15.9 Å². The molecule has 0 saturated carbocycles. The van der Waals surface area contributed by atoms with Crippen molar-refractivity contribution in [1.29, 1.82) is 0 Å². The first-order chi connectivity index (χ1) is 7.55. The molecule has 1 aliphatic heterocycles. The molecular formula is C12H18N2O2. The predicted octanol–water partition coefficient (Wildman–Crippen LogP) is 1.75. The molecule has 0 bridgehead atoms. The number of hydrogen-bond donors (Lipinski definition) is 1. The SMILES string of the molecule is CC1(C)OC[C@H](CCc2cccc(N)n2)O1. The molecule has 0 aliphatic carbocycles. The van der Waals surface area contributed by atoms with Crippen LogP contribution in [0.15, 0.2) is 18.2 Å². The minimum absolute atomic E-state index is 0.165. The number of aromatic nitrogens is 1. The van der Waals surface area contributed by atoms with Crippen molar-refractivity contribution >= 4 is 5.82 Å². The number of nitrogen functional groups attached to an aromatic ring is 1. The second-order valence-electron chi connectivity index (χ2n) is 4.54. The van der Waals surface area contributed by atoms with E-state index in [4.69, 9.17) is 15.2 Å². The third-order valence-electron chi connectivity index (χ3n) is 2.62. The highest BCUT2D eigenvalue weighted by molar-refractivity contribution is 5.28. The lowest BCUT2D eigenvalue weighted by molar-refractivity contribution is -0.138. The van der Waals surface area contributed by atoms with Crippen LogP contribution < -0.4 is 5.73 Å². The molecule has 0 amide bonds. The summed E-state index contributed by atoms with van der Waals surface area (Å²) in [6.07, 6.45) is 1.95. The first-order valence-electron chi connectivity index (χ1n) is 5.58. The summed E-state index contributed by atoms with van der Waals surface area (Å²) in [6.45, 7) is 4.53. The van der Waals surface area contributed by atoms with Gasteiger partial charge in [-0.25, -0.2) is 4.98 Å². The Bertz CT molecular complexity index is 366. The van der Waals surface area contributed by atoms with Gasteiger partial charge in [-0.1, -0.05) is 6.07 Å². The van der Waals surface area contributed by atoms with Gasteiger partial charge in [0.15, 0.2) is 5.79 Å². The van der Waals surface area contributed by atoms with Crippen molar-refractivity contribution in [3.05, 3.63) is 23.9 Å². The van der Waals surface area contributed by atoms with Crippen molar-refractivity contribution in [2.45, 2.75) is 38.6 Å². The number of hydrogen-bond acceptors (Lipinski definition) is 4. The van der Waals surface area contributed by atoms with Crippen LogP contribution >= 0.6 is 0 Å². The van der Waals surface area contributed by atoms with E-state index in [-0.39, 0.29) is 6.10 Å². The third kappa shape index (κ3) is 2.93. The molecule has 1 aromatic heterocycles. The van der Waals surface area contributed by atoms with Crippen molar-refractivity contribution in [2.75, 3.05) is 12.3 Å². The molecule has 2 N–H and O–H groups in total. The van der Waals surface area contributed by atoms with Crippen LogP contribution in [0.2, 0.25) is 0 Å². The van der Waals surface area contributed by atoms with E-state index in [0.29, 0.717) is 12.4 Å². The smallest absolute Gasteiger partial charge is 0.163 e. The molecule has 0 spiro atoms. The Morgan fingerprint density at radius 3 is 2.94 bits per heavy atom. The lowest BCUT2D eigenvalue weighted by Gasteiger charge is -2.16. The monoisotopic (exact) mass is 222 g/mol. The summed E-state index contributed by atoms with van der Waals surface area (Å²) in [5.74, 6) is 0.134. The van der Waals surface area contributed by atoms with Gasteiger partial charge in [-0.15, -0.1) is 0 Å². The maximum Gasteiger partial charge on any atom is 0.163 e. The fraction of sp³-hybridized carbons (Fsp3) is 0.583. The molecule has 1 aromatic rings. The zero-order valence-corrected chi connectivity index (χ0v) is 9.77. The molecule has 0 aromatic carbocycles. The molecule has 1 atom stereocenters. The van der Waals surface area contributed by atoms with E-state index in [1.54, 1.807) is 6.07 Å². The maximum atomic E-state index is 5.72. The van der Waals surface area contributed by atoms with Gasteiger partial charge in [-0.3, -0.25) is 0 Å². The average molecular weight is 222 g/mol. The van der Waals surface area contributed by atoms with E-state index in [0.717, 1.165) is 18.5 Å². The normalized spacial score (nSPS) is 23.5. The maximum absolute atomic E-state index is 5.72. The molecule has 16 heavy (non-hydrogen) atoms. The average Bonchev–Trinajstić information content (AvgIpc) is 2.56. The zero-order valence-electron chi connectivity index (χ0n) is 9.77. The number of anilines is 1. The van der Waals surface area contributed by atoms with Crippen molar-refractivity contribution in [3.8, 4) is 0 Å². The Balaban J connectivity index is 1.84. The number of nitrogens with two attached hydrogens (primary N) is 1. The molecule has 4 heteroatoms. The standard InChI is InChI=1S/C12H18N2O2/c1-12(2)15-8-10(16-12)7-6-9-4-3-5-11(13)14-9/h3-5,10H,6-8H2,1-2H3,(H2,13,14)/t10-/m0/s1. The number of nitrogens with zero attached hydrogens (tertiary/aromatic N) is 1. The molecule has 88 valence electrons. The van der Waals surface area contributed by atoms with E-state index in [1.165, 1.54) is 0 Å². The summed E-state index contributed by atoms with van der Waals surface area (Å²) in [6, 6.07) is 5.70. The molecule has 0 unspecified atom stereocenters. The number of aryl methyl sites for hydroxylation is 1. The predicted molar refractivity (Wildman–Crippen MR) is 61.9 cm³/mol. The lowest BCUT2D eigenvalue weighted by atomic mass is 10.1. The van der Waals surface area contributed by atoms with Gasteiger partial charge in [0.1, 0.15) is 5.82 Å². The fourth-order valence-corrected chi connectivity index (χ4v) is 1.85. The van der Waals surface area contributed by atoms with Crippen LogP contribution in [0.3, 0.4) is 0 Å². The Hall–Kier alpha value is -1.13. The topological polar surface area (TPSA) is 57.4 Å². The molecule has 4 nitrogen and oxygen atoms in total. The van der Waals surface area contributed by atoms with Gasteiger partial charge in [-0.05, 0) is 38.8 Å². The van der Waals surface area contributed by atoms with Crippen molar-refractivity contribution < 1.29 is 9.47 Å². The van der Waals surface area contributed by atoms with Gasteiger partial charge in [0.2, 0.25) is 0 Å². The molecule has 0 radical (unpaired) electrons. The Morgan fingerprint density at radius 1 is 1.50 bits per heavy atom. The van der Waals surface area contributed by atoms with Crippen molar-refractivity contribution in [3.63, 3.8) is 0 Å². The highest BCUT2D eigenvalue weighted by atomic mass is 16.7. The van der Waals surface area contributed by atoms with E-state index in [2.05, 4.69) is 4.98 Å². The van der Waals surface area contributed by atoms with E-state index >= 15 is 0 Å². The summed E-state index contributed by atoms with van der Waals surface area (Å²) < 4.78 is 11.2. The van der Waals surface area contributed by atoms with Crippen molar-refractivity contribution in [2.24, 2.45) is 0 Å². The van der Waals surface area contributed by atoms with E-state index in [1.807, 2.05) is 26.0 Å². The summed E-state index contributed by atoms with van der Waals surface area (Å²) in [4.78, 5) is 4.25. The van der Waals surface area contributed by atoms with Gasteiger partial charge >= 0.3 is 0 Å². The van der Waals surface area contributed by atoms with Crippen molar-refractivity contribution in [1.82, 2.24) is 4.98 Å². The molecule has 1 saturated heterocycles. The molecule has 2 rings (SSSR count). The van der Waals surface area contributed by atoms with Gasteiger partial charge in [-0.2, -0.15) is 0 Å². The fourth-order valence-electron chi connectivity index (χ4n) is 1.85. The van der Waals surface area contributed by atoms with Crippen LogP contribution in [0.4, 0.5) is 5.82 Å². The second-order valence-corrected chi connectivity index (χ2v) is 4.54. The summed E-state index contributed by atoms with van der Waals surface area (Å²) in [5, 5.41) is 0. The Morgan fingerprint density at radius 2 is 2.31 bits per heavy atom. The van der Waals surface area contributed by atoms with Crippen LogP contribution in [0.25, 0.3) is 0 Å². The second kappa shape index (κ2) is 4.39. The molecular weight excluding hydrogens is 204 g/mol. The summed E-state index contributed by atoms with van der Waals surface area (Å²) in [7, 11) is 0. The molecule has 1 aliphatic rings. The van der Waals surface area contributed by atoms with Crippen LogP contribution in [0.1, 0.15) is 26.0 Å². The number of pyridine rings is 1. The lowest BCUT2D eigenvalue weighted by Crippen LogP contribution is -2.21. The zero-order chi connectivity index (χ0) is 11.6. The third-order valence-corrected chi connectivity index (χ3v) is 2.62. The first kappa shape index (κ1) is 11.4. The highest BCUT2D eigenvalue weighted by Crippen LogP contribution is 2.24. The minimum atomic E-state index is -0.437. The van der Waals surface area contributed by atoms with Crippen LogP contribution in [0.5, 0.6) is 0 Å². The Labute approximate surface area is 95.8 Å². The van der Waals surface area contributed by atoms with E-state index in [9.17, 15) is 0 Å². The quantitative estimate of drug-likeness (QED) is 0.846. The number of rotatable bonds is 3. The summed E-state index contributed by atoms with van der Waals surface area (Å²) >= 11 is 0. The van der Waals surface area contributed by atoms with Gasteiger partial charge in [0.25, 0.3) is 0 Å². The molecule has 2 heterocycles. The molecule has 1 fully saturated rings. The highest BCUT2D eigenvalue weighted by Gasteiger charge is 2.32. The van der Waals surface area contributed by atoms with Gasteiger partial charge in [0, 0.05) is 5.69 Å². The largest absolute Gasteiger partial charge is 0.384 e. The first-order valence-corrected chi connectivity index (χ1v) is 5.58. The van der Waals surface area contributed by atoms with Crippen LogP contribution in [-0.4, -0.2) is 23.5 Å². The van der Waals surface area contributed by atoms with Gasteiger partial charge in [0.05, 0.1) is 12.7 Å².